The van der Waals surface area contributed by atoms with Crippen LogP contribution in [0.2, 0.25) is 0 Å². The number of rotatable bonds is 6. The summed E-state index contributed by atoms with van der Waals surface area (Å²) in [6.07, 6.45) is 3.99. The van der Waals surface area contributed by atoms with E-state index in [2.05, 4.69) is 10.6 Å². The molecule has 2 atom stereocenters. The van der Waals surface area contributed by atoms with Gasteiger partial charge in [0.25, 0.3) is 5.91 Å². The Morgan fingerprint density at radius 1 is 1.19 bits per heavy atom. The predicted molar refractivity (Wildman–Crippen MR) is 103 cm³/mol. The third-order valence-electron chi connectivity index (χ3n) is 4.94. The van der Waals surface area contributed by atoms with Crippen molar-refractivity contribution in [2.45, 2.75) is 31.7 Å². The van der Waals surface area contributed by atoms with E-state index in [1.807, 2.05) is 30.3 Å². The summed E-state index contributed by atoms with van der Waals surface area (Å²) < 4.78 is 5.53. The summed E-state index contributed by atoms with van der Waals surface area (Å²) in [5, 5.41) is 6.42. The predicted octanol–water partition coefficient (Wildman–Crippen LogP) is 1.59. The number of nitrogens with zero attached hydrogens (tertiary/aromatic N) is 1. The third kappa shape index (κ3) is 5.88. The minimum absolute atomic E-state index is 0. The maximum atomic E-state index is 12.4. The van der Waals surface area contributed by atoms with Gasteiger partial charge in [-0.25, -0.2) is 0 Å². The van der Waals surface area contributed by atoms with Gasteiger partial charge in [-0.3, -0.25) is 9.59 Å². The number of ether oxygens (including phenoxy) is 1. The highest BCUT2D eigenvalue weighted by Gasteiger charge is 2.29. The maximum absolute atomic E-state index is 12.4. The number of nitrogens with one attached hydrogen (secondary N) is 2. The molecule has 0 aromatic heterocycles. The van der Waals surface area contributed by atoms with E-state index >= 15 is 0 Å². The first kappa shape index (κ1) is 20.5. The summed E-state index contributed by atoms with van der Waals surface area (Å²) in [4.78, 5) is 26.5. The average Bonchev–Trinajstić information content (AvgIpc) is 3.18. The van der Waals surface area contributed by atoms with Crippen molar-refractivity contribution in [1.29, 1.82) is 0 Å². The molecule has 2 amide bonds. The Bertz CT molecular complexity index is 579. The zero-order valence-corrected chi connectivity index (χ0v) is 15.8. The summed E-state index contributed by atoms with van der Waals surface area (Å²) in [6, 6.07) is 9.71. The first-order valence-electron chi connectivity index (χ1n) is 9.19. The Labute approximate surface area is 161 Å². The molecule has 0 bridgehead atoms. The molecule has 7 heteroatoms. The van der Waals surface area contributed by atoms with Crippen LogP contribution in [0.3, 0.4) is 0 Å². The van der Waals surface area contributed by atoms with Gasteiger partial charge in [-0.1, -0.05) is 18.2 Å². The van der Waals surface area contributed by atoms with E-state index in [4.69, 9.17) is 4.74 Å². The molecular weight excluding hydrogens is 354 g/mol. The molecule has 2 fully saturated rings. The molecule has 1 aromatic carbocycles. The van der Waals surface area contributed by atoms with Crippen molar-refractivity contribution in [2.24, 2.45) is 5.92 Å². The van der Waals surface area contributed by atoms with Crippen molar-refractivity contribution in [3.63, 3.8) is 0 Å². The van der Waals surface area contributed by atoms with Gasteiger partial charge in [0.1, 0.15) is 5.75 Å². The lowest BCUT2D eigenvalue weighted by Gasteiger charge is -2.32. The normalized spacial score (nSPS) is 22.4. The highest BCUT2D eigenvalue weighted by Crippen LogP contribution is 2.17. The summed E-state index contributed by atoms with van der Waals surface area (Å²) in [7, 11) is 0. The Kier molecular flexibility index (Phi) is 8.19. The van der Waals surface area contributed by atoms with Crippen LogP contribution in [0.4, 0.5) is 0 Å². The standard InChI is InChI=1S/C19H27N3O3.ClH/c23-18(14-25-17-8-2-1-3-9-17)22-11-5-6-15(13-22)19(24)21-12-16-7-4-10-20-16;/h1-3,8-9,15-16,20H,4-7,10-14H2,(H,21,24);1H. The van der Waals surface area contributed by atoms with Gasteiger partial charge in [0.2, 0.25) is 5.91 Å². The first-order chi connectivity index (χ1) is 12.2. The SMILES string of the molecule is Cl.O=C(NCC1CCCN1)C1CCCN(C(=O)COc2ccccc2)C1. The number of hydrogen-bond acceptors (Lipinski definition) is 4. The van der Waals surface area contributed by atoms with Crippen molar-refractivity contribution < 1.29 is 14.3 Å². The summed E-state index contributed by atoms with van der Waals surface area (Å²) in [5.74, 6) is 0.580. The highest BCUT2D eigenvalue weighted by atomic mass is 35.5. The molecule has 1 aromatic rings. The molecule has 2 unspecified atom stereocenters. The van der Waals surface area contributed by atoms with Crippen molar-refractivity contribution in [3.8, 4) is 5.75 Å². The number of halogens is 1. The fourth-order valence-corrected chi connectivity index (χ4v) is 3.47. The number of para-hydroxylation sites is 1. The molecule has 26 heavy (non-hydrogen) atoms. The van der Waals surface area contributed by atoms with Gasteiger partial charge in [0, 0.05) is 25.7 Å². The van der Waals surface area contributed by atoms with Crippen LogP contribution in [0.25, 0.3) is 0 Å². The van der Waals surface area contributed by atoms with Crippen LogP contribution in [0.15, 0.2) is 30.3 Å². The van der Waals surface area contributed by atoms with Gasteiger partial charge in [-0.05, 0) is 44.4 Å². The van der Waals surface area contributed by atoms with E-state index in [0.717, 1.165) is 25.8 Å². The molecule has 2 aliphatic heterocycles. The van der Waals surface area contributed by atoms with Crippen LogP contribution in [-0.4, -0.2) is 55.5 Å². The highest BCUT2D eigenvalue weighted by molar-refractivity contribution is 5.85. The summed E-state index contributed by atoms with van der Waals surface area (Å²) >= 11 is 0. The Hall–Kier alpha value is -1.79. The maximum Gasteiger partial charge on any atom is 0.260 e. The van der Waals surface area contributed by atoms with Crippen LogP contribution in [0.1, 0.15) is 25.7 Å². The van der Waals surface area contributed by atoms with E-state index < -0.39 is 0 Å². The van der Waals surface area contributed by atoms with Gasteiger partial charge in [0.05, 0.1) is 5.92 Å². The number of benzene rings is 1. The number of amides is 2. The molecule has 2 heterocycles. The fourth-order valence-electron chi connectivity index (χ4n) is 3.47. The van der Waals surface area contributed by atoms with Gasteiger partial charge < -0.3 is 20.3 Å². The molecule has 2 aliphatic rings. The van der Waals surface area contributed by atoms with Crippen LogP contribution >= 0.6 is 12.4 Å². The fraction of sp³-hybridized carbons (Fsp3) is 0.579. The molecule has 2 saturated heterocycles. The molecule has 144 valence electrons. The number of carbonyl (C=O) groups excluding carboxylic acids is 2. The molecule has 0 radical (unpaired) electrons. The zero-order chi connectivity index (χ0) is 17.5. The topological polar surface area (TPSA) is 70.7 Å². The van der Waals surface area contributed by atoms with Crippen LogP contribution in [-0.2, 0) is 9.59 Å². The van der Waals surface area contributed by atoms with E-state index in [9.17, 15) is 9.59 Å². The van der Waals surface area contributed by atoms with E-state index in [1.54, 1.807) is 4.90 Å². The molecule has 0 saturated carbocycles. The van der Waals surface area contributed by atoms with E-state index in [0.29, 0.717) is 31.4 Å². The Morgan fingerprint density at radius 2 is 2.00 bits per heavy atom. The Morgan fingerprint density at radius 3 is 2.73 bits per heavy atom. The van der Waals surface area contributed by atoms with Gasteiger partial charge in [-0.2, -0.15) is 0 Å². The molecule has 6 nitrogen and oxygen atoms in total. The number of carbonyl (C=O) groups is 2. The zero-order valence-electron chi connectivity index (χ0n) is 15.0. The summed E-state index contributed by atoms with van der Waals surface area (Å²) in [5.41, 5.74) is 0. The van der Waals surface area contributed by atoms with Crippen molar-refractivity contribution in [3.05, 3.63) is 30.3 Å². The molecule has 2 N–H and O–H groups in total. The molecule has 3 rings (SSSR count). The quantitative estimate of drug-likeness (QED) is 0.785. The van der Waals surface area contributed by atoms with Crippen molar-refractivity contribution >= 4 is 24.2 Å². The van der Waals surface area contributed by atoms with Crippen LogP contribution in [0, 0.1) is 5.92 Å². The minimum atomic E-state index is -0.115. The first-order valence-corrected chi connectivity index (χ1v) is 9.19. The lowest BCUT2D eigenvalue weighted by Crippen LogP contribution is -2.48. The van der Waals surface area contributed by atoms with E-state index in [-0.39, 0.29) is 36.7 Å². The van der Waals surface area contributed by atoms with Crippen LogP contribution in [0.5, 0.6) is 5.75 Å². The van der Waals surface area contributed by atoms with Crippen LogP contribution < -0.4 is 15.4 Å². The second-order valence-electron chi connectivity index (χ2n) is 6.82. The number of piperidine rings is 1. The average molecular weight is 382 g/mol. The molecule has 0 spiro atoms. The largest absolute Gasteiger partial charge is 0.484 e. The van der Waals surface area contributed by atoms with Gasteiger partial charge in [-0.15, -0.1) is 12.4 Å². The summed E-state index contributed by atoms with van der Waals surface area (Å²) in [6.45, 7) is 2.92. The third-order valence-corrected chi connectivity index (χ3v) is 4.94. The van der Waals surface area contributed by atoms with Crippen molar-refractivity contribution in [1.82, 2.24) is 15.5 Å². The second kappa shape index (κ2) is 10.4. The van der Waals surface area contributed by atoms with Crippen molar-refractivity contribution in [2.75, 3.05) is 32.8 Å². The van der Waals surface area contributed by atoms with E-state index in [1.165, 1.54) is 6.42 Å². The minimum Gasteiger partial charge on any atom is -0.484 e. The lowest BCUT2D eigenvalue weighted by molar-refractivity contribution is -0.137. The lowest BCUT2D eigenvalue weighted by atomic mass is 9.97. The van der Waals surface area contributed by atoms with Gasteiger partial charge in [0.15, 0.2) is 6.61 Å². The smallest absolute Gasteiger partial charge is 0.260 e. The molecular formula is C19H28ClN3O3. The number of hydrogen-bond donors (Lipinski definition) is 2. The monoisotopic (exact) mass is 381 g/mol. The molecule has 0 aliphatic carbocycles. The second-order valence-corrected chi connectivity index (χ2v) is 6.82. The van der Waals surface area contributed by atoms with Gasteiger partial charge >= 0.3 is 0 Å². The Balaban J connectivity index is 0.00000243. The number of likely N-dealkylation sites (tertiary alicyclic amines) is 1.